The third-order valence-electron chi connectivity index (χ3n) is 11.7. The molecule has 0 saturated heterocycles. The number of rotatable bonds is 49. The standard InChI is InChI=1S/C59H102O6/c1-4-7-10-13-16-19-21-23-25-27-29-31-33-35-37-40-43-46-49-52-58(61)64-55-56(54-63-57(60)51-48-45-42-39-18-15-12-9-6-3)65-59(62)53-50-47-44-41-38-36-34-32-30-28-26-24-22-20-17-14-11-8-5-2/h7,10,16-17,19-20,23-26,29,31,56H,4-6,8-9,11-15,18,21-22,27-28,30,32-55H2,1-3H3/b10-7-,19-16-,20-17-,25-23-,26-24-,31-29-. The molecule has 1 atom stereocenters. The van der Waals surface area contributed by atoms with Gasteiger partial charge in [0, 0.05) is 19.3 Å². The molecule has 0 amide bonds. The molecule has 0 bridgehead atoms. The van der Waals surface area contributed by atoms with Crippen molar-refractivity contribution in [1.82, 2.24) is 0 Å². The fourth-order valence-electron chi connectivity index (χ4n) is 7.58. The molecule has 0 heterocycles. The summed E-state index contributed by atoms with van der Waals surface area (Å²) in [5, 5.41) is 0. The van der Waals surface area contributed by atoms with E-state index in [1.54, 1.807) is 0 Å². The Morgan fingerprint density at radius 3 is 0.969 bits per heavy atom. The average molecular weight is 907 g/mol. The van der Waals surface area contributed by atoms with E-state index >= 15 is 0 Å². The fourth-order valence-corrected chi connectivity index (χ4v) is 7.58. The van der Waals surface area contributed by atoms with Crippen molar-refractivity contribution in [3.05, 3.63) is 72.9 Å². The number of allylic oxidation sites excluding steroid dienone is 12. The van der Waals surface area contributed by atoms with Crippen LogP contribution in [0.5, 0.6) is 0 Å². The maximum Gasteiger partial charge on any atom is 0.306 e. The Balaban J connectivity index is 4.33. The lowest BCUT2D eigenvalue weighted by Gasteiger charge is -2.18. The number of carbonyl (C=O) groups excluding carboxylic acids is 3. The average Bonchev–Trinajstić information content (AvgIpc) is 3.30. The van der Waals surface area contributed by atoms with Crippen LogP contribution in [-0.2, 0) is 28.6 Å². The second-order valence-corrected chi connectivity index (χ2v) is 18.1. The van der Waals surface area contributed by atoms with Gasteiger partial charge in [0.05, 0.1) is 0 Å². The van der Waals surface area contributed by atoms with Crippen LogP contribution in [0.25, 0.3) is 0 Å². The lowest BCUT2D eigenvalue weighted by molar-refractivity contribution is -0.167. The second kappa shape index (κ2) is 53.5. The zero-order valence-corrected chi connectivity index (χ0v) is 42.7. The Labute approximate surface area is 402 Å². The monoisotopic (exact) mass is 907 g/mol. The smallest absolute Gasteiger partial charge is 0.306 e. The Morgan fingerprint density at radius 2 is 0.600 bits per heavy atom. The number of unbranched alkanes of at least 4 members (excludes halogenated alkanes) is 26. The molecule has 0 rings (SSSR count). The first kappa shape index (κ1) is 61.9. The molecule has 0 fully saturated rings. The van der Waals surface area contributed by atoms with Gasteiger partial charge in [0.25, 0.3) is 0 Å². The lowest BCUT2D eigenvalue weighted by atomic mass is 10.1. The van der Waals surface area contributed by atoms with Crippen molar-refractivity contribution < 1.29 is 28.6 Å². The van der Waals surface area contributed by atoms with Crippen LogP contribution in [0.4, 0.5) is 0 Å². The van der Waals surface area contributed by atoms with Crippen molar-refractivity contribution in [3.63, 3.8) is 0 Å². The van der Waals surface area contributed by atoms with Crippen molar-refractivity contribution in [1.29, 1.82) is 0 Å². The largest absolute Gasteiger partial charge is 0.462 e. The number of esters is 3. The summed E-state index contributed by atoms with van der Waals surface area (Å²) in [6.45, 7) is 6.48. The molecule has 6 nitrogen and oxygen atoms in total. The van der Waals surface area contributed by atoms with E-state index in [2.05, 4.69) is 93.7 Å². The van der Waals surface area contributed by atoms with Gasteiger partial charge in [-0.25, -0.2) is 0 Å². The van der Waals surface area contributed by atoms with Gasteiger partial charge < -0.3 is 14.2 Å². The SMILES string of the molecule is CC/C=C\C/C=C\C/C=C\C/C=C\CCCCCCCCC(=O)OCC(COC(=O)CCCCCCCCCCC)OC(=O)CCCCCCCCCCC/C=C\C/C=C\CCCCC. The third kappa shape index (κ3) is 51.7. The maximum atomic E-state index is 12.8. The first-order valence-corrected chi connectivity index (χ1v) is 27.4. The van der Waals surface area contributed by atoms with Crippen LogP contribution in [0.15, 0.2) is 72.9 Å². The molecule has 0 aromatic heterocycles. The maximum absolute atomic E-state index is 12.8. The van der Waals surface area contributed by atoms with Gasteiger partial charge in [0.2, 0.25) is 0 Å². The van der Waals surface area contributed by atoms with Gasteiger partial charge in [-0.3, -0.25) is 14.4 Å². The Bertz CT molecular complexity index is 1230. The Morgan fingerprint density at radius 1 is 0.323 bits per heavy atom. The van der Waals surface area contributed by atoms with Crippen molar-refractivity contribution in [3.8, 4) is 0 Å². The summed E-state index contributed by atoms with van der Waals surface area (Å²) in [6.07, 6.45) is 67.5. The molecule has 0 aromatic rings. The van der Waals surface area contributed by atoms with Gasteiger partial charge in [0.15, 0.2) is 6.10 Å². The minimum absolute atomic E-state index is 0.0803. The van der Waals surface area contributed by atoms with Crippen LogP contribution in [0, 0.1) is 0 Å². The van der Waals surface area contributed by atoms with Gasteiger partial charge in [-0.05, 0) is 89.9 Å². The van der Waals surface area contributed by atoms with Crippen LogP contribution in [0.2, 0.25) is 0 Å². The highest BCUT2D eigenvalue weighted by molar-refractivity contribution is 5.71. The van der Waals surface area contributed by atoms with E-state index in [1.165, 1.54) is 128 Å². The van der Waals surface area contributed by atoms with Crippen LogP contribution in [0.3, 0.4) is 0 Å². The normalized spacial score (nSPS) is 12.6. The molecular formula is C59H102O6. The number of hydrogen-bond acceptors (Lipinski definition) is 6. The van der Waals surface area contributed by atoms with E-state index in [-0.39, 0.29) is 31.1 Å². The van der Waals surface area contributed by atoms with Crippen molar-refractivity contribution >= 4 is 17.9 Å². The van der Waals surface area contributed by atoms with Gasteiger partial charge in [-0.2, -0.15) is 0 Å². The zero-order chi connectivity index (χ0) is 47.2. The van der Waals surface area contributed by atoms with Gasteiger partial charge in [0.1, 0.15) is 13.2 Å². The quantitative estimate of drug-likeness (QED) is 0.0262. The van der Waals surface area contributed by atoms with E-state index in [1.807, 2.05) is 0 Å². The topological polar surface area (TPSA) is 78.9 Å². The van der Waals surface area contributed by atoms with Gasteiger partial charge in [-0.1, -0.05) is 229 Å². The molecule has 65 heavy (non-hydrogen) atoms. The van der Waals surface area contributed by atoms with Crippen molar-refractivity contribution in [2.75, 3.05) is 13.2 Å². The lowest BCUT2D eigenvalue weighted by Crippen LogP contribution is -2.30. The molecule has 0 aliphatic heterocycles. The molecule has 0 saturated carbocycles. The summed E-state index contributed by atoms with van der Waals surface area (Å²) in [5.41, 5.74) is 0. The van der Waals surface area contributed by atoms with Crippen LogP contribution >= 0.6 is 0 Å². The minimum Gasteiger partial charge on any atom is -0.462 e. The first-order valence-electron chi connectivity index (χ1n) is 27.4. The summed E-state index contributed by atoms with van der Waals surface area (Å²) in [6, 6.07) is 0. The van der Waals surface area contributed by atoms with Gasteiger partial charge >= 0.3 is 17.9 Å². The van der Waals surface area contributed by atoms with E-state index < -0.39 is 6.10 Å². The van der Waals surface area contributed by atoms with Crippen LogP contribution in [-0.4, -0.2) is 37.2 Å². The Hall–Kier alpha value is -3.15. The van der Waals surface area contributed by atoms with Crippen molar-refractivity contribution in [2.45, 2.75) is 271 Å². The Kier molecular flexibility index (Phi) is 50.9. The summed E-state index contributed by atoms with van der Waals surface area (Å²) in [5.74, 6) is -0.896. The highest BCUT2D eigenvalue weighted by Crippen LogP contribution is 2.15. The molecule has 374 valence electrons. The molecule has 0 spiro atoms. The van der Waals surface area contributed by atoms with E-state index in [4.69, 9.17) is 14.2 Å². The number of ether oxygens (including phenoxy) is 3. The molecule has 0 radical (unpaired) electrons. The number of hydrogen-bond donors (Lipinski definition) is 0. The van der Waals surface area contributed by atoms with Crippen molar-refractivity contribution in [2.24, 2.45) is 0 Å². The summed E-state index contributed by atoms with van der Waals surface area (Å²) in [7, 11) is 0. The van der Waals surface area contributed by atoms with Gasteiger partial charge in [-0.15, -0.1) is 0 Å². The van der Waals surface area contributed by atoms with Crippen LogP contribution in [0.1, 0.15) is 265 Å². The second-order valence-electron chi connectivity index (χ2n) is 18.1. The molecule has 6 heteroatoms. The predicted octanol–water partition coefficient (Wildman–Crippen LogP) is 18.2. The van der Waals surface area contributed by atoms with E-state index in [0.29, 0.717) is 19.3 Å². The summed E-state index contributed by atoms with van der Waals surface area (Å²) < 4.78 is 16.8. The molecule has 0 aliphatic rings. The number of carbonyl (C=O) groups is 3. The fraction of sp³-hybridized carbons (Fsp3) is 0.746. The molecule has 0 aromatic carbocycles. The third-order valence-corrected chi connectivity index (χ3v) is 11.7. The van der Waals surface area contributed by atoms with E-state index in [9.17, 15) is 14.4 Å². The molecular weight excluding hydrogens is 805 g/mol. The first-order chi connectivity index (χ1) is 32.0. The molecule has 1 unspecified atom stereocenters. The predicted molar refractivity (Wildman–Crippen MR) is 279 cm³/mol. The molecule has 0 aliphatic carbocycles. The highest BCUT2D eigenvalue weighted by Gasteiger charge is 2.19. The highest BCUT2D eigenvalue weighted by atomic mass is 16.6. The van der Waals surface area contributed by atoms with E-state index in [0.717, 1.165) is 96.3 Å². The molecule has 0 N–H and O–H groups in total. The summed E-state index contributed by atoms with van der Waals surface area (Å²) in [4.78, 5) is 38.0. The zero-order valence-electron chi connectivity index (χ0n) is 42.7. The summed E-state index contributed by atoms with van der Waals surface area (Å²) >= 11 is 0. The minimum atomic E-state index is -0.781. The van der Waals surface area contributed by atoms with Crippen LogP contribution < -0.4 is 0 Å².